The van der Waals surface area contributed by atoms with Gasteiger partial charge >= 0.3 is 6.18 Å². The molecule has 6 heteroatoms. The fraction of sp³-hybridized carbons (Fsp3) is 0.167. The van der Waals surface area contributed by atoms with E-state index in [1.54, 1.807) is 17.5 Å². The van der Waals surface area contributed by atoms with Crippen LogP contribution in [0.15, 0.2) is 35.7 Å². The van der Waals surface area contributed by atoms with E-state index >= 15 is 0 Å². The number of thiophene rings is 1. The molecule has 2 aromatic rings. The van der Waals surface area contributed by atoms with Crippen molar-refractivity contribution >= 4 is 11.3 Å². The Morgan fingerprint density at radius 2 is 1.94 bits per heavy atom. The van der Waals surface area contributed by atoms with Gasteiger partial charge in [-0.15, -0.1) is 11.3 Å². The van der Waals surface area contributed by atoms with E-state index in [1.807, 2.05) is 0 Å². The van der Waals surface area contributed by atoms with Crippen LogP contribution >= 0.6 is 11.3 Å². The van der Waals surface area contributed by atoms with Crippen LogP contribution in [-0.2, 0) is 6.18 Å². The molecule has 0 aliphatic heterocycles. The largest absolute Gasteiger partial charge is 0.508 e. The fourth-order valence-electron chi connectivity index (χ4n) is 1.60. The lowest BCUT2D eigenvalue weighted by Gasteiger charge is -2.15. The molecule has 0 aliphatic carbocycles. The maximum atomic E-state index is 12.6. The van der Waals surface area contributed by atoms with Crippen molar-refractivity contribution in [2.24, 2.45) is 5.73 Å². The summed E-state index contributed by atoms with van der Waals surface area (Å²) in [6, 6.07) is 5.46. The number of hydrogen-bond donors (Lipinski definition) is 2. The summed E-state index contributed by atoms with van der Waals surface area (Å²) in [5.74, 6) is -0.232. The maximum Gasteiger partial charge on any atom is 0.416 e. The molecule has 0 unspecified atom stereocenters. The molecule has 2 rings (SSSR count). The van der Waals surface area contributed by atoms with E-state index in [9.17, 15) is 18.3 Å². The minimum Gasteiger partial charge on any atom is -0.508 e. The van der Waals surface area contributed by atoms with Gasteiger partial charge in [-0.2, -0.15) is 13.2 Å². The van der Waals surface area contributed by atoms with Gasteiger partial charge in [-0.25, -0.2) is 0 Å². The lowest BCUT2D eigenvalue weighted by Crippen LogP contribution is -2.13. The number of halogens is 3. The van der Waals surface area contributed by atoms with Crippen LogP contribution in [0.5, 0.6) is 5.75 Å². The topological polar surface area (TPSA) is 46.2 Å². The molecule has 0 radical (unpaired) electrons. The Morgan fingerprint density at radius 3 is 2.50 bits per heavy atom. The third-order valence-electron chi connectivity index (χ3n) is 2.54. The molecule has 1 heterocycles. The second kappa shape index (κ2) is 4.62. The highest BCUT2D eigenvalue weighted by Gasteiger charge is 2.31. The second-order valence-corrected chi connectivity index (χ2v) is 4.74. The number of alkyl halides is 3. The number of hydrogen-bond acceptors (Lipinski definition) is 3. The summed E-state index contributed by atoms with van der Waals surface area (Å²) in [5, 5.41) is 11.4. The van der Waals surface area contributed by atoms with Gasteiger partial charge in [-0.3, -0.25) is 0 Å². The van der Waals surface area contributed by atoms with E-state index in [0.717, 1.165) is 18.2 Å². The molecule has 1 atom stereocenters. The smallest absolute Gasteiger partial charge is 0.416 e. The molecule has 2 nitrogen and oxygen atoms in total. The molecule has 0 fully saturated rings. The number of benzene rings is 1. The van der Waals surface area contributed by atoms with Crippen molar-refractivity contribution < 1.29 is 18.3 Å². The van der Waals surface area contributed by atoms with Gasteiger partial charge in [0.1, 0.15) is 5.75 Å². The summed E-state index contributed by atoms with van der Waals surface area (Å²) >= 11 is 1.33. The second-order valence-electron chi connectivity index (χ2n) is 3.76. The Bertz CT molecular complexity index is 537. The van der Waals surface area contributed by atoms with Crippen molar-refractivity contribution in [1.29, 1.82) is 0 Å². The molecule has 0 spiro atoms. The molecule has 1 aromatic carbocycles. The standard InChI is InChI=1S/C12H10F3NOS/c13-12(14,15)7-3-4-9(17)8(6-7)11(16)10-2-1-5-18-10/h1-6,11,17H,16H2/t11-/m1/s1. The molecule has 3 N–H and O–H groups in total. The Hall–Kier alpha value is -1.53. The predicted molar refractivity (Wildman–Crippen MR) is 63.5 cm³/mol. The van der Waals surface area contributed by atoms with Crippen LogP contribution in [0.1, 0.15) is 22.0 Å². The first-order valence-electron chi connectivity index (χ1n) is 5.08. The average Bonchev–Trinajstić information content (AvgIpc) is 2.80. The van der Waals surface area contributed by atoms with Crippen LogP contribution in [0.2, 0.25) is 0 Å². The summed E-state index contributed by atoms with van der Waals surface area (Å²) in [4.78, 5) is 0.699. The van der Waals surface area contributed by atoms with Crippen molar-refractivity contribution in [2.75, 3.05) is 0 Å². The van der Waals surface area contributed by atoms with Crippen LogP contribution in [0, 0.1) is 0 Å². The maximum absolute atomic E-state index is 12.6. The van der Waals surface area contributed by atoms with Crippen LogP contribution < -0.4 is 5.73 Å². The zero-order valence-corrected chi connectivity index (χ0v) is 9.92. The van der Waals surface area contributed by atoms with Crippen LogP contribution in [0.3, 0.4) is 0 Å². The van der Waals surface area contributed by atoms with Crippen molar-refractivity contribution in [3.05, 3.63) is 51.7 Å². The van der Waals surface area contributed by atoms with E-state index < -0.39 is 17.8 Å². The first kappa shape index (κ1) is 12.9. The molecule has 0 saturated heterocycles. The van der Waals surface area contributed by atoms with Crippen molar-refractivity contribution in [1.82, 2.24) is 0 Å². The van der Waals surface area contributed by atoms with Crippen molar-refractivity contribution in [2.45, 2.75) is 12.2 Å². The van der Waals surface area contributed by atoms with Crippen molar-refractivity contribution in [3.8, 4) is 5.75 Å². The first-order chi connectivity index (χ1) is 8.39. The van der Waals surface area contributed by atoms with E-state index in [-0.39, 0.29) is 11.3 Å². The number of aromatic hydroxyl groups is 1. The third-order valence-corrected chi connectivity index (χ3v) is 3.50. The Morgan fingerprint density at radius 1 is 1.22 bits per heavy atom. The van der Waals surface area contributed by atoms with E-state index in [1.165, 1.54) is 11.3 Å². The Kier molecular flexibility index (Phi) is 3.32. The molecule has 0 bridgehead atoms. The lowest BCUT2D eigenvalue weighted by atomic mass is 10.0. The minimum atomic E-state index is -4.45. The highest BCUT2D eigenvalue weighted by molar-refractivity contribution is 7.10. The van der Waals surface area contributed by atoms with Crippen LogP contribution in [0.4, 0.5) is 13.2 Å². The van der Waals surface area contributed by atoms with E-state index in [2.05, 4.69) is 0 Å². The molecule has 0 saturated carbocycles. The minimum absolute atomic E-state index is 0.0762. The first-order valence-corrected chi connectivity index (χ1v) is 5.96. The molecular weight excluding hydrogens is 263 g/mol. The number of rotatable bonds is 2. The fourth-order valence-corrected chi connectivity index (χ4v) is 2.35. The summed E-state index contributed by atoms with van der Waals surface area (Å²) in [6.07, 6.45) is -4.45. The highest BCUT2D eigenvalue weighted by atomic mass is 32.1. The van der Waals surface area contributed by atoms with E-state index in [0.29, 0.717) is 4.88 Å². The number of phenolic OH excluding ortho intramolecular Hbond substituents is 1. The molecule has 96 valence electrons. The summed E-state index contributed by atoms with van der Waals surface area (Å²) in [7, 11) is 0. The normalized spacial score (nSPS) is 13.6. The van der Waals surface area contributed by atoms with Crippen LogP contribution in [0.25, 0.3) is 0 Å². The SMILES string of the molecule is N[C@@H](c1cccs1)c1cc(C(F)(F)F)ccc1O. The predicted octanol–water partition coefficient (Wildman–Crippen LogP) is 3.52. The third kappa shape index (κ3) is 2.49. The van der Waals surface area contributed by atoms with Gasteiger partial charge in [-0.05, 0) is 29.6 Å². The van der Waals surface area contributed by atoms with Gasteiger partial charge in [0.25, 0.3) is 0 Å². The van der Waals surface area contributed by atoms with Gasteiger partial charge in [0.15, 0.2) is 0 Å². The molecule has 0 aliphatic rings. The van der Waals surface area contributed by atoms with Crippen molar-refractivity contribution in [3.63, 3.8) is 0 Å². The average molecular weight is 273 g/mol. The molecule has 1 aromatic heterocycles. The highest BCUT2D eigenvalue weighted by Crippen LogP contribution is 2.36. The summed E-state index contributed by atoms with van der Waals surface area (Å²) in [5.41, 5.74) is 5.12. The van der Waals surface area contributed by atoms with Gasteiger partial charge in [0.05, 0.1) is 11.6 Å². The number of nitrogens with two attached hydrogens (primary N) is 1. The van der Waals surface area contributed by atoms with E-state index in [4.69, 9.17) is 5.73 Å². The Labute approximate surface area is 105 Å². The quantitative estimate of drug-likeness (QED) is 0.879. The van der Waals surface area contributed by atoms with Gasteiger partial charge in [-0.1, -0.05) is 6.07 Å². The van der Waals surface area contributed by atoms with Gasteiger partial charge in [0, 0.05) is 10.4 Å². The summed E-state index contributed by atoms with van der Waals surface area (Å²) in [6.45, 7) is 0. The summed E-state index contributed by atoms with van der Waals surface area (Å²) < 4.78 is 37.8. The number of phenols is 1. The van der Waals surface area contributed by atoms with Gasteiger partial charge in [0.2, 0.25) is 0 Å². The van der Waals surface area contributed by atoms with Gasteiger partial charge < -0.3 is 10.8 Å². The Balaban J connectivity index is 2.44. The zero-order valence-electron chi connectivity index (χ0n) is 9.11. The van der Waals surface area contributed by atoms with Crippen LogP contribution in [-0.4, -0.2) is 5.11 Å². The molecule has 18 heavy (non-hydrogen) atoms. The lowest BCUT2D eigenvalue weighted by molar-refractivity contribution is -0.137. The molecular formula is C12H10F3NOS. The monoisotopic (exact) mass is 273 g/mol. The zero-order chi connectivity index (χ0) is 13.3. The molecule has 0 amide bonds.